The Balaban J connectivity index is 1.94. The summed E-state index contributed by atoms with van der Waals surface area (Å²) in [7, 11) is 0. The summed E-state index contributed by atoms with van der Waals surface area (Å²) in [5.41, 5.74) is 2.09. The lowest BCUT2D eigenvalue weighted by atomic mass is 10.1. The number of rotatable bonds is 2. The minimum Gasteiger partial charge on any atom is -0.458 e. The monoisotopic (exact) mass is 248 g/mol. The summed E-state index contributed by atoms with van der Waals surface area (Å²) < 4.78 is 5.73. The first-order chi connectivity index (χ1) is 8.24. The van der Waals surface area contributed by atoms with Gasteiger partial charge in [-0.15, -0.1) is 0 Å². The number of thioether (sulfide) groups is 1. The normalized spacial score (nSPS) is 22.1. The molecule has 0 spiro atoms. The van der Waals surface area contributed by atoms with Crippen LogP contribution in [0, 0.1) is 6.92 Å². The number of fused-ring (bicyclic) bond motifs is 1. The molecule has 3 heteroatoms. The number of aliphatic hydroxyl groups excluding tert-OH is 1. The minimum atomic E-state index is -0.463. The first kappa shape index (κ1) is 11.2. The Morgan fingerprint density at radius 3 is 3.06 bits per heavy atom. The van der Waals surface area contributed by atoms with Crippen molar-refractivity contribution in [3.63, 3.8) is 0 Å². The molecular weight excluding hydrogens is 232 g/mol. The highest BCUT2D eigenvalue weighted by Gasteiger charge is 2.27. The van der Waals surface area contributed by atoms with Crippen molar-refractivity contribution in [1.29, 1.82) is 0 Å². The molecule has 2 atom stereocenters. The van der Waals surface area contributed by atoms with Crippen LogP contribution >= 0.6 is 11.8 Å². The van der Waals surface area contributed by atoms with Crippen LogP contribution in [-0.2, 0) is 0 Å². The lowest BCUT2D eigenvalue weighted by molar-refractivity contribution is 0.148. The summed E-state index contributed by atoms with van der Waals surface area (Å²) in [6.07, 6.45) is 1.82. The van der Waals surface area contributed by atoms with E-state index in [0.29, 0.717) is 11.0 Å². The summed E-state index contributed by atoms with van der Waals surface area (Å²) in [6, 6.07) is 8.08. The van der Waals surface area contributed by atoms with Gasteiger partial charge in [-0.2, -0.15) is 11.8 Å². The summed E-state index contributed by atoms with van der Waals surface area (Å²) in [4.78, 5) is 0. The highest BCUT2D eigenvalue weighted by molar-refractivity contribution is 8.00. The molecule has 1 N–H and O–H groups in total. The van der Waals surface area contributed by atoms with E-state index >= 15 is 0 Å². The largest absolute Gasteiger partial charge is 0.458 e. The van der Waals surface area contributed by atoms with Gasteiger partial charge in [0.25, 0.3) is 0 Å². The van der Waals surface area contributed by atoms with Crippen molar-refractivity contribution in [2.75, 3.05) is 5.75 Å². The third kappa shape index (κ3) is 2.09. The maximum Gasteiger partial charge on any atom is 0.134 e. The Morgan fingerprint density at radius 1 is 1.41 bits per heavy atom. The van der Waals surface area contributed by atoms with Crippen LogP contribution in [0.1, 0.15) is 30.3 Å². The van der Waals surface area contributed by atoms with Crippen molar-refractivity contribution in [2.45, 2.75) is 31.1 Å². The molecule has 2 heterocycles. The highest BCUT2D eigenvalue weighted by Crippen LogP contribution is 2.37. The SMILES string of the molecule is Cc1ccc2oc(C(O)C3CCCS3)cc2c1. The fraction of sp³-hybridized carbons (Fsp3) is 0.429. The van der Waals surface area contributed by atoms with E-state index in [-0.39, 0.29) is 0 Å². The zero-order valence-electron chi connectivity index (χ0n) is 9.85. The molecule has 90 valence electrons. The van der Waals surface area contributed by atoms with Crippen LogP contribution < -0.4 is 0 Å². The maximum atomic E-state index is 10.3. The molecular formula is C14H16O2S. The molecule has 0 aliphatic carbocycles. The van der Waals surface area contributed by atoms with Crippen LogP contribution in [0.25, 0.3) is 11.0 Å². The molecule has 2 nitrogen and oxygen atoms in total. The van der Waals surface area contributed by atoms with Crippen LogP contribution in [0.4, 0.5) is 0 Å². The van der Waals surface area contributed by atoms with Crippen LogP contribution in [0.2, 0.25) is 0 Å². The van der Waals surface area contributed by atoms with Crippen LogP contribution in [0.5, 0.6) is 0 Å². The zero-order chi connectivity index (χ0) is 11.8. The van der Waals surface area contributed by atoms with E-state index in [0.717, 1.165) is 23.1 Å². The third-order valence-electron chi connectivity index (χ3n) is 3.30. The number of hydrogen-bond donors (Lipinski definition) is 1. The first-order valence-electron chi connectivity index (χ1n) is 6.04. The summed E-state index contributed by atoms with van der Waals surface area (Å²) in [6.45, 7) is 2.06. The second-order valence-electron chi connectivity index (χ2n) is 4.69. The molecule has 1 aliphatic rings. The van der Waals surface area contributed by atoms with E-state index in [1.165, 1.54) is 12.0 Å². The summed E-state index contributed by atoms with van der Waals surface area (Å²) in [5, 5.41) is 11.7. The van der Waals surface area contributed by atoms with Gasteiger partial charge in [-0.05, 0) is 43.7 Å². The molecule has 1 fully saturated rings. The number of furan rings is 1. The Kier molecular flexibility index (Phi) is 2.89. The van der Waals surface area contributed by atoms with Crippen molar-refractivity contribution in [3.05, 3.63) is 35.6 Å². The average Bonchev–Trinajstić information content (AvgIpc) is 2.96. The van der Waals surface area contributed by atoms with Crippen molar-refractivity contribution in [3.8, 4) is 0 Å². The molecule has 17 heavy (non-hydrogen) atoms. The fourth-order valence-corrected chi connectivity index (χ4v) is 3.65. The molecule has 1 aromatic carbocycles. The summed E-state index contributed by atoms with van der Waals surface area (Å²) >= 11 is 1.85. The van der Waals surface area contributed by atoms with Gasteiger partial charge in [0.15, 0.2) is 0 Å². The fourth-order valence-electron chi connectivity index (χ4n) is 2.36. The Labute approximate surface area is 105 Å². The van der Waals surface area contributed by atoms with Crippen LogP contribution in [0.15, 0.2) is 28.7 Å². The van der Waals surface area contributed by atoms with Crippen molar-refractivity contribution in [1.82, 2.24) is 0 Å². The van der Waals surface area contributed by atoms with E-state index in [4.69, 9.17) is 4.42 Å². The molecule has 2 unspecified atom stereocenters. The molecule has 0 radical (unpaired) electrons. The standard InChI is InChI=1S/C14H16O2S/c1-9-4-5-11-10(7-9)8-12(16-11)14(15)13-3-2-6-17-13/h4-5,7-8,13-15H,2-3,6H2,1H3. The van der Waals surface area contributed by atoms with Gasteiger partial charge in [-0.3, -0.25) is 0 Å². The molecule has 1 saturated heterocycles. The van der Waals surface area contributed by atoms with Gasteiger partial charge in [0.1, 0.15) is 17.4 Å². The second-order valence-corrected chi connectivity index (χ2v) is 6.03. The molecule has 0 bridgehead atoms. The van der Waals surface area contributed by atoms with Gasteiger partial charge in [0.2, 0.25) is 0 Å². The van der Waals surface area contributed by atoms with Gasteiger partial charge in [-0.1, -0.05) is 11.6 Å². The molecule has 0 amide bonds. The van der Waals surface area contributed by atoms with E-state index in [2.05, 4.69) is 13.0 Å². The summed E-state index contributed by atoms with van der Waals surface area (Å²) in [5.74, 6) is 1.87. The topological polar surface area (TPSA) is 33.4 Å². The number of aryl methyl sites for hydroxylation is 1. The maximum absolute atomic E-state index is 10.3. The lowest BCUT2D eigenvalue weighted by Crippen LogP contribution is -2.10. The quantitative estimate of drug-likeness (QED) is 0.880. The predicted octanol–water partition coefficient (Wildman–Crippen LogP) is 3.67. The van der Waals surface area contributed by atoms with Crippen molar-refractivity contribution < 1.29 is 9.52 Å². The van der Waals surface area contributed by atoms with Crippen LogP contribution in [-0.4, -0.2) is 16.1 Å². The molecule has 2 aromatic rings. The Morgan fingerprint density at radius 2 is 2.29 bits per heavy atom. The van der Waals surface area contributed by atoms with Gasteiger partial charge < -0.3 is 9.52 Å². The van der Waals surface area contributed by atoms with E-state index in [1.54, 1.807) is 0 Å². The van der Waals surface area contributed by atoms with E-state index in [1.807, 2.05) is 30.0 Å². The van der Waals surface area contributed by atoms with Crippen LogP contribution in [0.3, 0.4) is 0 Å². The average molecular weight is 248 g/mol. The van der Waals surface area contributed by atoms with Crippen molar-refractivity contribution >= 4 is 22.7 Å². The minimum absolute atomic E-state index is 0.302. The van der Waals surface area contributed by atoms with Gasteiger partial charge >= 0.3 is 0 Å². The third-order valence-corrected chi connectivity index (χ3v) is 4.75. The van der Waals surface area contributed by atoms with Crippen molar-refractivity contribution in [2.24, 2.45) is 0 Å². The lowest BCUT2D eigenvalue weighted by Gasteiger charge is -2.13. The first-order valence-corrected chi connectivity index (χ1v) is 7.09. The van der Waals surface area contributed by atoms with Gasteiger partial charge in [0, 0.05) is 10.6 Å². The molecule has 3 rings (SSSR count). The number of benzene rings is 1. The molecule has 0 saturated carbocycles. The van der Waals surface area contributed by atoms with Gasteiger partial charge in [-0.25, -0.2) is 0 Å². The van der Waals surface area contributed by atoms with E-state index < -0.39 is 6.10 Å². The predicted molar refractivity (Wildman–Crippen MR) is 71.4 cm³/mol. The van der Waals surface area contributed by atoms with Gasteiger partial charge in [0.05, 0.1) is 0 Å². The Hall–Kier alpha value is -0.930. The zero-order valence-corrected chi connectivity index (χ0v) is 10.7. The van der Waals surface area contributed by atoms with E-state index in [9.17, 15) is 5.11 Å². The Bertz CT molecular complexity index is 526. The number of aliphatic hydroxyl groups is 1. The smallest absolute Gasteiger partial charge is 0.134 e. The highest BCUT2D eigenvalue weighted by atomic mass is 32.2. The second kappa shape index (κ2) is 4.39. The molecule has 1 aliphatic heterocycles. The number of hydrogen-bond acceptors (Lipinski definition) is 3. The molecule has 1 aromatic heterocycles.